The van der Waals surface area contributed by atoms with Crippen molar-refractivity contribution in [2.45, 2.75) is 20.3 Å². The summed E-state index contributed by atoms with van der Waals surface area (Å²) >= 11 is 0. The van der Waals surface area contributed by atoms with Crippen molar-refractivity contribution < 1.29 is 19.1 Å². The van der Waals surface area contributed by atoms with Crippen LogP contribution < -0.4 is 20.1 Å². The third kappa shape index (κ3) is 6.86. The Bertz CT molecular complexity index is 556. The minimum atomic E-state index is -0.332. The summed E-state index contributed by atoms with van der Waals surface area (Å²) < 4.78 is 10.9. The molecule has 1 aromatic rings. The van der Waals surface area contributed by atoms with Gasteiger partial charge in [-0.1, -0.05) is 13.0 Å². The third-order valence-corrected chi connectivity index (χ3v) is 2.87. The van der Waals surface area contributed by atoms with E-state index in [4.69, 9.17) is 9.47 Å². The topological polar surface area (TPSA) is 76.7 Å². The average molecular weight is 320 g/mol. The lowest BCUT2D eigenvalue weighted by Gasteiger charge is -2.10. The van der Waals surface area contributed by atoms with Crippen LogP contribution in [-0.4, -0.2) is 38.6 Å². The summed E-state index contributed by atoms with van der Waals surface area (Å²) in [4.78, 5) is 22.9. The number of hydrogen-bond donors (Lipinski definition) is 2. The first-order valence-electron chi connectivity index (χ1n) is 7.64. The molecule has 0 aromatic heterocycles. The van der Waals surface area contributed by atoms with Crippen molar-refractivity contribution in [1.29, 1.82) is 0 Å². The second-order valence-corrected chi connectivity index (χ2v) is 4.76. The van der Waals surface area contributed by atoms with Crippen molar-refractivity contribution in [1.82, 2.24) is 10.6 Å². The van der Waals surface area contributed by atoms with E-state index in [0.29, 0.717) is 24.7 Å². The minimum absolute atomic E-state index is 0.0376. The van der Waals surface area contributed by atoms with Gasteiger partial charge in [-0.2, -0.15) is 0 Å². The molecular formula is C17H24N2O4. The molecule has 0 saturated carbocycles. The molecule has 0 aliphatic heterocycles. The fourth-order valence-corrected chi connectivity index (χ4v) is 1.78. The van der Waals surface area contributed by atoms with Gasteiger partial charge in [0.2, 0.25) is 11.8 Å². The highest BCUT2D eigenvalue weighted by Crippen LogP contribution is 2.28. The number of amides is 2. The highest BCUT2D eigenvalue weighted by atomic mass is 16.5. The predicted octanol–water partition coefficient (Wildman–Crippen LogP) is 1.75. The number of hydrogen-bond acceptors (Lipinski definition) is 4. The molecule has 0 aliphatic rings. The van der Waals surface area contributed by atoms with Gasteiger partial charge >= 0.3 is 0 Å². The minimum Gasteiger partial charge on any atom is -0.493 e. The van der Waals surface area contributed by atoms with Gasteiger partial charge in [0.1, 0.15) is 0 Å². The second-order valence-electron chi connectivity index (χ2n) is 4.76. The maximum Gasteiger partial charge on any atom is 0.244 e. The van der Waals surface area contributed by atoms with Crippen molar-refractivity contribution in [3.05, 3.63) is 29.8 Å². The van der Waals surface area contributed by atoms with Crippen molar-refractivity contribution in [2.24, 2.45) is 0 Å². The molecule has 0 heterocycles. The fourth-order valence-electron chi connectivity index (χ4n) is 1.78. The highest BCUT2D eigenvalue weighted by Gasteiger charge is 2.05. The van der Waals surface area contributed by atoms with Gasteiger partial charge < -0.3 is 20.1 Å². The molecule has 6 nitrogen and oxygen atoms in total. The molecule has 126 valence electrons. The Balaban J connectivity index is 2.61. The summed E-state index contributed by atoms with van der Waals surface area (Å²) in [7, 11) is 1.57. The molecule has 1 rings (SSSR count). The number of benzene rings is 1. The molecule has 0 fully saturated rings. The quantitative estimate of drug-likeness (QED) is 0.680. The Kier molecular flexibility index (Phi) is 8.28. The van der Waals surface area contributed by atoms with Gasteiger partial charge in [-0.05, 0) is 37.1 Å². The Labute approximate surface area is 136 Å². The SMILES string of the molecule is CCCOc1ccc(/C=C/C(=O)NCC(=O)NCC)cc1OC. The van der Waals surface area contributed by atoms with Crippen LogP contribution >= 0.6 is 0 Å². The molecule has 0 aliphatic carbocycles. The Morgan fingerprint density at radius 3 is 2.61 bits per heavy atom. The Morgan fingerprint density at radius 2 is 1.96 bits per heavy atom. The number of ether oxygens (including phenoxy) is 2. The van der Waals surface area contributed by atoms with E-state index in [2.05, 4.69) is 10.6 Å². The van der Waals surface area contributed by atoms with Crippen LogP contribution in [-0.2, 0) is 9.59 Å². The molecule has 2 amide bonds. The molecule has 0 radical (unpaired) electrons. The fraction of sp³-hybridized carbons (Fsp3) is 0.412. The van der Waals surface area contributed by atoms with Crippen LogP contribution in [0.5, 0.6) is 11.5 Å². The second kappa shape index (κ2) is 10.3. The van der Waals surface area contributed by atoms with Gasteiger partial charge in [0.05, 0.1) is 20.3 Å². The third-order valence-electron chi connectivity index (χ3n) is 2.87. The van der Waals surface area contributed by atoms with Crippen LogP contribution in [0.4, 0.5) is 0 Å². The van der Waals surface area contributed by atoms with Crippen LogP contribution in [0, 0.1) is 0 Å². The Hall–Kier alpha value is -2.50. The molecule has 6 heteroatoms. The lowest BCUT2D eigenvalue weighted by Crippen LogP contribution is -2.35. The van der Waals surface area contributed by atoms with Gasteiger partial charge in [-0.15, -0.1) is 0 Å². The first-order valence-corrected chi connectivity index (χ1v) is 7.64. The van der Waals surface area contributed by atoms with Gasteiger partial charge in [0.25, 0.3) is 0 Å². The van der Waals surface area contributed by atoms with Crippen LogP contribution in [0.3, 0.4) is 0 Å². The van der Waals surface area contributed by atoms with Gasteiger partial charge in [-0.3, -0.25) is 9.59 Å². The molecular weight excluding hydrogens is 296 g/mol. The van der Waals surface area contributed by atoms with Crippen molar-refractivity contribution in [3.63, 3.8) is 0 Å². The van der Waals surface area contributed by atoms with E-state index < -0.39 is 0 Å². The van der Waals surface area contributed by atoms with E-state index in [9.17, 15) is 9.59 Å². The number of carbonyl (C=O) groups is 2. The van der Waals surface area contributed by atoms with E-state index >= 15 is 0 Å². The molecule has 1 aromatic carbocycles. The van der Waals surface area contributed by atoms with Crippen LogP contribution in [0.2, 0.25) is 0 Å². The van der Waals surface area contributed by atoms with Crippen molar-refractivity contribution in [2.75, 3.05) is 26.8 Å². The number of nitrogens with one attached hydrogen (secondary N) is 2. The van der Waals surface area contributed by atoms with Crippen LogP contribution in [0.15, 0.2) is 24.3 Å². The van der Waals surface area contributed by atoms with Crippen molar-refractivity contribution >= 4 is 17.9 Å². The molecule has 23 heavy (non-hydrogen) atoms. The lowest BCUT2D eigenvalue weighted by atomic mass is 10.2. The molecule has 2 N–H and O–H groups in total. The van der Waals surface area contributed by atoms with E-state index in [1.807, 2.05) is 19.9 Å². The smallest absolute Gasteiger partial charge is 0.244 e. The molecule has 0 spiro atoms. The normalized spacial score (nSPS) is 10.4. The zero-order valence-electron chi connectivity index (χ0n) is 13.8. The number of methoxy groups -OCH3 is 1. The number of likely N-dealkylation sites (N-methyl/N-ethyl adjacent to an activating group) is 1. The van der Waals surface area contributed by atoms with Gasteiger partial charge in [0, 0.05) is 12.6 Å². The zero-order chi connectivity index (χ0) is 17.1. The maximum absolute atomic E-state index is 11.7. The first-order chi connectivity index (χ1) is 11.1. The van der Waals surface area contributed by atoms with E-state index in [1.54, 1.807) is 25.3 Å². The molecule has 0 bridgehead atoms. The van der Waals surface area contributed by atoms with E-state index in [0.717, 1.165) is 12.0 Å². The van der Waals surface area contributed by atoms with E-state index in [-0.39, 0.29) is 18.4 Å². The molecule has 0 saturated heterocycles. The van der Waals surface area contributed by atoms with Crippen LogP contribution in [0.25, 0.3) is 6.08 Å². The summed E-state index contributed by atoms with van der Waals surface area (Å²) in [6.45, 7) is 4.97. The number of rotatable bonds is 9. The summed E-state index contributed by atoms with van der Waals surface area (Å²) in [5.41, 5.74) is 0.804. The summed E-state index contributed by atoms with van der Waals surface area (Å²) in [6, 6.07) is 5.43. The Morgan fingerprint density at radius 1 is 1.17 bits per heavy atom. The summed E-state index contributed by atoms with van der Waals surface area (Å²) in [5.74, 6) is 0.741. The molecule has 0 unspecified atom stereocenters. The van der Waals surface area contributed by atoms with Crippen LogP contribution in [0.1, 0.15) is 25.8 Å². The maximum atomic E-state index is 11.7. The first kappa shape index (κ1) is 18.5. The average Bonchev–Trinajstić information content (AvgIpc) is 2.56. The zero-order valence-corrected chi connectivity index (χ0v) is 13.8. The summed E-state index contributed by atoms with van der Waals surface area (Å²) in [5, 5.41) is 5.12. The number of carbonyl (C=O) groups excluding carboxylic acids is 2. The van der Waals surface area contributed by atoms with E-state index in [1.165, 1.54) is 6.08 Å². The monoisotopic (exact) mass is 320 g/mol. The molecule has 0 atom stereocenters. The summed E-state index contributed by atoms with van der Waals surface area (Å²) in [6.07, 6.45) is 3.94. The van der Waals surface area contributed by atoms with Crippen molar-refractivity contribution in [3.8, 4) is 11.5 Å². The van der Waals surface area contributed by atoms with Gasteiger partial charge in [0.15, 0.2) is 11.5 Å². The predicted molar refractivity (Wildman–Crippen MR) is 89.5 cm³/mol. The largest absolute Gasteiger partial charge is 0.493 e. The lowest BCUT2D eigenvalue weighted by molar-refractivity contribution is -0.123. The van der Waals surface area contributed by atoms with Gasteiger partial charge in [-0.25, -0.2) is 0 Å². The standard InChI is InChI=1S/C17H24N2O4/c1-4-10-23-14-8-6-13(11-15(14)22-3)7-9-16(20)19-12-17(21)18-5-2/h6-9,11H,4-5,10,12H2,1-3H3,(H,18,21)(H,19,20)/b9-7+. The highest BCUT2D eigenvalue weighted by molar-refractivity contribution is 5.94.